The van der Waals surface area contributed by atoms with Crippen molar-refractivity contribution in [3.8, 4) is 11.5 Å². The minimum Gasteiger partial charge on any atom is -0.493 e. The first-order valence-electron chi connectivity index (χ1n) is 12.8. The number of benzene rings is 3. The molecule has 41 heavy (non-hydrogen) atoms. The molecule has 3 aromatic carbocycles. The third kappa shape index (κ3) is 7.55. The van der Waals surface area contributed by atoms with Crippen LogP contribution >= 0.6 is 11.8 Å². The average molecular weight is 574 g/mol. The first kappa shape index (κ1) is 29.4. The van der Waals surface area contributed by atoms with Crippen LogP contribution in [-0.2, 0) is 14.4 Å². The minimum atomic E-state index is -0.558. The fourth-order valence-corrected chi connectivity index (χ4v) is 5.07. The number of imide groups is 1. The van der Waals surface area contributed by atoms with Gasteiger partial charge < -0.3 is 20.1 Å². The van der Waals surface area contributed by atoms with Crippen molar-refractivity contribution in [2.75, 3.05) is 30.9 Å². The van der Waals surface area contributed by atoms with Crippen molar-refractivity contribution in [1.82, 2.24) is 4.90 Å². The van der Waals surface area contributed by atoms with Crippen LogP contribution in [0.4, 0.5) is 16.2 Å². The van der Waals surface area contributed by atoms with Crippen molar-refractivity contribution in [2.45, 2.75) is 27.7 Å². The molecular weight excluding hydrogens is 542 g/mol. The van der Waals surface area contributed by atoms with Crippen LogP contribution in [-0.4, -0.2) is 48.1 Å². The van der Waals surface area contributed by atoms with Gasteiger partial charge in [0.05, 0.1) is 12.0 Å². The quantitative estimate of drug-likeness (QED) is 0.319. The molecular formula is C31H31N3O6S. The molecule has 1 heterocycles. The van der Waals surface area contributed by atoms with Crippen molar-refractivity contribution < 1.29 is 28.7 Å². The second-order valence-electron chi connectivity index (χ2n) is 9.74. The number of carbonyl (C=O) groups is 4. The summed E-state index contributed by atoms with van der Waals surface area (Å²) in [6.45, 7) is 7.18. The number of methoxy groups -OCH3 is 1. The molecule has 1 aliphatic rings. The number of aryl methyl sites for hydroxylation is 4. The highest BCUT2D eigenvalue weighted by molar-refractivity contribution is 8.18. The molecule has 0 aliphatic carbocycles. The summed E-state index contributed by atoms with van der Waals surface area (Å²) in [6.07, 6.45) is 1.55. The molecule has 0 bridgehead atoms. The number of ether oxygens (including phenoxy) is 2. The van der Waals surface area contributed by atoms with Crippen molar-refractivity contribution in [2.24, 2.45) is 0 Å². The van der Waals surface area contributed by atoms with Gasteiger partial charge in [0, 0.05) is 11.4 Å². The molecule has 4 amide bonds. The topological polar surface area (TPSA) is 114 Å². The Hall–Kier alpha value is -4.57. The van der Waals surface area contributed by atoms with Crippen molar-refractivity contribution in [1.29, 1.82) is 0 Å². The Labute approximate surface area is 242 Å². The first-order valence-corrected chi connectivity index (χ1v) is 13.7. The number of carbonyl (C=O) groups excluding carboxylic acids is 4. The van der Waals surface area contributed by atoms with E-state index in [0.717, 1.165) is 38.9 Å². The molecule has 0 unspecified atom stereocenters. The molecule has 1 aliphatic heterocycles. The molecule has 1 fully saturated rings. The van der Waals surface area contributed by atoms with E-state index in [2.05, 4.69) is 10.6 Å². The van der Waals surface area contributed by atoms with E-state index in [-0.39, 0.29) is 17.4 Å². The monoisotopic (exact) mass is 573 g/mol. The fourth-order valence-electron chi connectivity index (χ4n) is 4.23. The molecule has 4 rings (SSSR count). The summed E-state index contributed by atoms with van der Waals surface area (Å²) in [5.41, 5.74) is 6.04. The van der Waals surface area contributed by atoms with Gasteiger partial charge in [0.2, 0.25) is 5.91 Å². The zero-order valence-electron chi connectivity index (χ0n) is 23.5. The summed E-state index contributed by atoms with van der Waals surface area (Å²) in [5.74, 6) is -0.656. The maximum atomic E-state index is 12.9. The number of hydrogen-bond acceptors (Lipinski definition) is 7. The van der Waals surface area contributed by atoms with Crippen LogP contribution in [0.3, 0.4) is 0 Å². The SMILES string of the molecule is COc1cc(/C=C2/SC(=O)N(CC(=O)Nc3cc(C)cc(C)c3)C2=O)ccc1OCC(=O)Nc1ccc(C)c(C)c1. The Balaban J connectivity index is 1.38. The normalized spacial score (nSPS) is 13.9. The largest absolute Gasteiger partial charge is 0.493 e. The van der Waals surface area contributed by atoms with E-state index in [1.165, 1.54) is 7.11 Å². The predicted molar refractivity (Wildman–Crippen MR) is 160 cm³/mol. The molecule has 10 heteroatoms. The van der Waals surface area contributed by atoms with Gasteiger partial charge >= 0.3 is 0 Å². The molecule has 0 saturated carbocycles. The zero-order valence-corrected chi connectivity index (χ0v) is 24.3. The van der Waals surface area contributed by atoms with Gasteiger partial charge in [-0.3, -0.25) is 24.1 Å². The Bertz CT molecular complexity index is 1550. The summed E-state index contributed by atoms with van der Waals surface area (Å²) < 4.78 is 11.1. The van der Waals surface area contributed by atoms with Gasteiger partial charge in [0.25, 0.3) is 17.1 Å². The smallest absolute Gasteiger partial charge is 0.294 e. The molecule has 0 aromatic heterocycles. The van der Waals surface area contributed by atoms with E-state index in [1.807, 2.05) is 64.1 Å². The lowest BCUT2D eigenvalue weighted by Crippen LogP contribution is -2.36. The third-order valence-corrected chi connectivity index (χ3v) is 7.22. The van der Waals surface area contributed by atoms with E-state index in [0.29, 0.717) is 28.4 Å². The van der Waals surface area contributed by atoms with E-state index in [9.17, 15) is 19.2 Å². The van der Waals surface area contributed by atoms with Crippen LogP contribution in [0.1, 0.15) is 27.8 Å². The van der Waals surface area contributed by atoms with E-state index >= 15 is 0 Å². The lowest BCUT2D eigenvalue weighted by Gasteiger charge is -2.13. The van der Waals surface area contributed by atoms with E-state index in [1.54, 1.807) is 24.3 Å². The number of nitrogens with zero attached hydrogens (tertiary/aromatic N) is 1. The van der Waals surface area contributed by atoms with Crippen molar-refractivity contribution >= 4 is 52.2 Å². The molecule has 0 spiro atoms. The van der Waals surface area contributed by atoms with Crippen LogP contribution in [0.25, 0.3) is 6.08 Å². The van der Waals surface area contributed by atoms with Crippen LogP contribution in [0.5, 0.6) is 11.5 Å². The number of thioether (sulfide) groups is 1. The van der Waals surface area contributed by atoms with Gasteiger partial charge in [-0.1, -0.05) is 18.2 Å². The second kappa shape index (κ2) is 12.7. The molecule has 2 N–H and O–H groups in total. The van der Waals surface area contributed by atoms with Gasteiger partial charge in [0.15, 0.2) is 18.1 Å². The van der Waals surface area contributed by atoms with Gasteiger partial charge in [-0.25, -0.2) is 0 Å². The molecule has 212 valence electrons. The summed E-state index contributed by atoms with van der Waals surface area (Å²) in [6, 6.07) is 16.2. The van der Waals surface area contributed by atoms with E-state index in [4.69, 9.17) is 9.47 Å². The molecule has 1 saturated heterocycles. The van der Waals surface area contributed by atoms with Gasteiger partial charge in [-0.05, 0) is 110 Å². The maximum Gasteiger partial charge on any atom is 0.294 e. The highest BCUT2D eigenvalue weighted by Gasteiger charge is 2.36. The average Bonchev–Trinajstić information content (AvgIpc) is 3.16. The lowest BCUT2D eigenvalue weighted by molar-refractivity contribution is -0.127. The minimum absolute atomic E-state index is 0.178. The van der Waals surface area contributed by atoms with Crippen LogP contribution < -0.4 is 20.1 Å². The number of rotatable bonds is 9. The summed E-state index contributed by atoms with van der Waals surface area (Å²) in [4.78, 5) is 51.5. The highest BCUT2D eigenvalue weighted by atomic mass is 32.2. The predicted octanol–water partition coefficient (Wildman–Crippen LogP) is 5.62. The Morgan fingerprint density at radius 1 is 0.829 bits per heavy atom. The van der Waals surface area contributed by atoms with Crippen molar-refractivity contribution in [3.05, 3.63) is 87.3 Å². The van der Waals surface area contributed by atoms with Gasteiger partial charge in [0.1, 0.15) is 6.54 Å². The van der Waals surface area contributed by atoms with Crippen molar-refractivity contribution in [3.63, 3.8) is 0 Å². The third-order valence-electron chi connectivity index (χ3n) is 6.32. The number of amides is 4. The zero-order chi connectivity index (χ0) is 29.7. The van der Waals surface area contributed by atoms with Gasteiger partial charge in [-0.15, -0.1) is 0 Å². The Kier molecular flexibility index (Phi) is 9.14. The first-order chi connectivity index (χ1) is 19.5. The Morgan fingerprint density at radius 3 is 2.22 bits per heavy atom. The van der Waals surface area contributed by atoms with Crippen LogP contribution in [0.2, 0.25) is 0 Å². The standard InChI is InChI=1S/C31H31N3O6S/c1-18-10-19(2)12-24(11-18)33-28(35)16-34-30(37)27(41-31(34)38)15-22-7-9-25(26(14-22)39-5)40-17-29(36)32-23-8-6-20(3)21(4)13-23/h6-15H,16-17H2,1-5H3,(H,32,36)(H,33,35)/b27-15+. The fraction of sp³-hybridized carbons (Fsp3) is 0.226. The summed E-state index contributed by atoms with van der Waals surface area (Å²) in [7, 11) is 1.46. The Morgan fingerprint density at radius 2 is 1.54 bits per heavy atom. The molecule has 0 atom stereocenters. The van der Waals surface area contributed by atoms with Crippen LogP contribution in [0, 0.1) is 27.7 Å². The summed E-state index contributed by atoms with van der Waals surface area (Å²) >= 11 is 0.758. The van der Waals surface area contributed by atoms with Gasteiger partial charge in [-0.2, -0.15) is 0 Å². The number of nitrogens with one attached hydrogen (secondary N) is 2. The maximum absolute atomic E-state index is 12.9. The second-order valence-corrected chi connectivity index (χ2v) is 10.7. The molecule has 9 nitrogen and oxygen atoms in total. The number of anilines is 2. The summed E-state index contributed by atoms with van der Waals surface area (Å²) in [5, 5.41) is 5.02. The number of hydrogen-bond donors (Lipinski definition) is 2. The highest BCUT2D eigenvalue weighted by Crippen LogP contribution is 2.34. The van der Waals surface area contributed by atoms with Crippen LogP contribution in [0.15, 0.2) is 59.5 Å². The lowest BCUT2D eigenvalue weighted by atomic mass is 10.1. The molecule has 3 aromatic rings. The van der Waals surface area contributed by atoms with E-state index < -0.39 is 23.6 Å². The molecule has 0 radical (unpaired) electrons.